The number of amides is 1. The van der Waals surface area contributed by atoms with E-state index in [0.29, 0.717) is 23.2 Å². The van der Waals surface area contributed by atoms with Crippen LogP contribution < -0.4 is 14.3 Å². The highest BCUT2D eigenvalue weighted by Gasteiger charge is 2.53. The van der Waals surface area contributed by atoms with Gasteiger partial charge in [-0.1, -0.05) is 12.1 Å². The first-order chi connectivity index (χ1) is 18.4. The van der Waals surface area contributed by atoms with Crippen LogP contribution in [0.2, 0.25) is 0 Å². The smallest absolute Gasteiger partial charge is 0.258 e. The van der Waals surface area contributed by atoms with Crippen molar-refractivity contribution in [3.63, 3.8) is 0 Å². The number of rotatable bonds is 8. The van der Waals surface area contributed by atoms with Crippen molar-refractivity contribution in [1.82, 2.24) is 4.72 Å². The quantitative estimate of drug-likeness (QED) is 0.453. The average Bonchev–Trinajstić information content (AvgIpc) is 3.80. The molecule has 6 rings (SSSR count). The summed E-state index contributed by atoms with van der Waals surface area (Å²) in [5, 5.41) is 0. The Labute approximate surface area is 231 Å². The largest absolute Gasteiger partial charge is 0.307 e. The molecule has 3 aliphatic carbocycles. The number of fused-ring (bicyclic) bond motifs is 2. The number of anilines is 2. The summed E-state index contributed by atoms with van der Waals surface area (Å²) < 4.78 is 55.3. The van der Waals surface area contributed by atoms with Gasteiger partial charge in [-0.25, -0.2) is 21.6 Å². The van der Waals surface area contributed by atoms with Crippen molar-refractivity contribution in [1.29, 1.82) is 0 Å². The third-order valence-electron chi connectivity index (χ3n) is 9.18. The van der Waals surface area contributed by atoms with E-state index in [1.807, 2.05) is 12.1 Å². The molecule has 0 radical (unpaired) electrons. The van der Waals surface area contributed by atoms with Crippen LogP contribution in [0.1, 0.15) is 67.3 Å². The van der Waals surface area contributed by atoms with E-state index in [2.05, 4.69) is 16.0 Å². The van der Waals surface area contributed by atoms with Gasteiger partial charge >= 0.3 is 0 Å². The van der Waals surface area contributed by atoms with E-state index in [1.54, 1.807) is 29.2 Å². The lowest BCUT2D eigenvalue weighted by Gasteiger charge is -2.38. The zero-order chi connectivity index (χ0) is 27.6. The molecular formula is C29H35N3O5S2. The number of sulfonamides is 2. The number of hydrogen-bond acceptors (Lipinski definition) is 5. The van der Waals surface area contributed by atoms with E-state index in [1.165, 1.54) is 25.0 Å². The summed E-state index contributed by atoms with van der Waals surface area (Å²) >= 11 is 0. The van der Waals surface area contributed by atoms with Crippen LogP contribution in [0.25, 0.3) is 0 Å². The zero-order valence-electron chi connectivity index (χ0n) is 22.1. The van der Waals surface area contributed by atoms with Crippen LogP contribution in [0, 0.1) is 11.3 Å². The molecule has 2 aromatic rings. The van der Waals surface area contributed by atoms with Crippen molar-refractivity contribution in [2.45, 2.75) is 67.7 Å². The molecule has 0 saturated heterocycles. The number of allylic oxidation sites excluding steroid dienone is 1. The van der Waals surface area contributed by atoms with Gasteiger partial charge < -0.3 is 4.90 Å². The van der Waals surface area contributed by atoms with Crippen molar-refractivity contribution >= 4 is 37.3 Å². The molecule has 2 unspecified atom stereocenters. The second kappa shape index (κ2) is 9.17. The second-order valence-electron chi connectivity index (χ2n) is 12.1. The molecule has 2 aromatic carbocycles. The molecule has 0 bridgehead atoms. The van der Waals surface area contributed by atoms with Gasteiger partial charge in [-0.2, -0.15) is 0 Å². The Morgan fingerprint density at radius 2 is 1.77 bits per heavy atom. The second-order valence-corrected chi connectivity index (χ2v) is 15.5. The number of hydrogen-bond donors (Lipinski definition) is 2. The Kier molecular flexibility index (Phi) is 6.24. The normalized spacial score (nSPS) is 24.4. The van der Waals surface area contributed by atoms with Crippen LogP contribution in [-0.4, -0.2) is 41.6 Å². The topological polar surface area (TPSA) is 113 Å². The summed E-state index contributed by atoms with van der Waals surface area (Å²) in [4.78, 5) is 15.8. The molecule has 2 atom stereocenters. The van der Waals surface area contributed by atoms with Gasteiger partial charge in [0.1, 0.15) is 0 Å². The van der Waals surface area contributed by atoms with Crippen molar-refractivity contribution in [2.75, 3.05) is 22.4 Å². The van der Waals surface area contributed by atoms with Gasteiger partial charge in [0.15, 0.2) is 0 Å². The Bertz CT molecular complexity index is 1550. The molecule has 1 amide bonds. The molecule has 2 spiro atoms. The fraction of sp³-hybridized carbons (Fsp3) is 0.483. The van der Waals surface area contributed by atoms with Crippen LogP contribution in [-0.2, 0) is 25.5 Å². The van der Waals surface area contributed by atoms with Gasteiger partial charge in [0, 0.05) is 34.9 Å². The SMILES string of the molecule is C=CCC1CC1NS(=O)(=O)c1cccc(C(=O)N2CC3(CCC4(CC4)CC3)c3cc(NS(C)(=O)=O)ccc32)c1. The van der Waals surface area contributed by atoms with Gasteiger partial charge in [-0.05, 0) is 105 Å². The van der Waals surface area contributed by atoms with Crippen molar-refractivity contribution < 1.29 is 21.6 Å². The predicted molar refractivity (Wildman–Crippen MR) is 152 cm³/mol. The van der Waals surface area contributed by atoms with Gasteiger partial charge in [0.25, 0.3) is 5.91 Å². The summed E-state index contributed by atoms with van der Waals surface area (Å²) in [6, 6.07) is 11.5. The van der Waals surface area contributed by atoms with Gasteiger partial charge in [0.05, 0.1) is 11.2 Å². The van der Waals surface area contributed by atoms with Crippen LogP contribution in [0.4, 0.5) is 11.4 Å². The molecule has 8 nitrogen and oxygen atoms in total. The minimum atomic E-state index is -3.76. The van der Waals surface area contributed by atoms with Crippen LogP contribution in [0.3, 0.4) is 0 Å². The van der Waals surface area contributed by atoms with Crippen LogP contribution in [0.5, 0.6) is 0 Å². The highest BCUT2D eigenvalue weighted by molar-refractivity contribution is 7.92. The fourth-order valence-corrected chi connectivity index (χ4v) is 8.50. The molecular weight excluding hydrogens is 534 g/mol. The van der Waals surface area contributed by atoms with Gasteiger partial charge in [-0.3, -0.25) is 9.52 Å². The maximum absolute atomic E-state index is 13.9. The first-order valence-electron chi connectivity index (χ1n) is 13.6. The van der Waals surface area contributed by atoms with Crippen molar-refractivity contribution in [2.24, 2.45) is 11.3 Å². The van der Waals surface area contributed by atoms with E-state index in [-0.39, 0.29) is 28.2 Å². The van der Waals surface area contributed by atoms with E-state index >= 15 is 0 Å². The van der Waals surface area contributed by atoms with Crippen LogP contribution >= 0.6 is 0 Å². The molecule has 2 N–H and O–H groups in total. The number of benzene rings is 2. The lowest BCUT2D eigenvalue weighted by molar-refractivity contribution is 0.0980. The van der Waals surface area contributed by atoms with Gasteiger partial charge in [-0.15, -0.1) is 6.58 Å². The minimum Gasteiger partial charge on any atom is -0.307 e. The standard InChI is InChI=1S/C29H35N3O5S2/c1-3-5-20-17-25(20)31-39(36,37)23-7-4-6-21(16-23)27(33)32-19-29(14-12-28(10-11-28)13-15-29)24-18-22(8-9-26(24)32)30-38(2,34)35/h3-4,6-9,16,18,20,25,30-31H,1,5,10-15,17,19H2,2H3. The van der Waals surface area contributed by atoms with Crippen molar-refractivity contribution in [3.05, 3.63) is 66.2 Å². The Balaban J connectivity index is 1.29. The predicted octanol–water partition coefficient (Wildman–Crippen LogP) is 4.55. The Hall–Kier alpha value is -2.69. The average molecular weight is 570 g/mol. The number of carbonyl (C=O) groups excluding carboxylic acids is 1. The molecule has 1 aliphatic heterocycles. The molecule has 10 heteroatoms. The molecule has 0 aromatic heterocycles. The summed E-state index contributed by atoms with van der Waals surface area (Å²) in [6.07, 6.45) is 11.1. The lowest BCUT2D eigenvalue weighted by atomic mass is 9.66. The summed E-state index contributed by atoms with van der Waals surface area (Å²) in [5.41, 5.74) is 2.77. The highest BCUT2D eigenvalue weighted by atomic mass is 32.2. The number of nitrogens with zero attached hydrogens (tertiary/aromatic N) is 1. The van der Waals surface area contributed by atoms with Gasteiger partial charge in [0.2, 0.25) is 20.0 Å². The third kappa shape index (κ3) is 5.14. The molecule has 1 heterocycles. The summed E-state index contributed by atoms with van der Waals surface area (Å²) in [7, 11) is -7.21. The first-order valence-corrected chi connectivity index (χ1v) is 17.0. The summed E-state index contributed by atoms with van der Waals surface area (Å²) in [5.74, 6) is 0.0170. The van der Waals surface area contributed by atoms with E-state index < -0.39 is 20.0 Å². The molecule has 39 heavy (non-hydrogen) atoms. The Morgan fingerprint density at radius 1 is 1.05 bits per heavy atom. The summed E-state index contributed by atoms with van der Waals surface area (Å²) in [6.45, 7) is 4.23. The lowest BCUT2D eigenvalue weighted by Crippen LogP contribution is -2.40. The maximum atomic E-state index is 13.9. The monoisotopic (exact) mass is 569 g/mol. The fourth-order valence-electron chi connectivity index (χ4n) is 6.58. The van der Waals surface area contributed by atoms with E-state index in [0.717, 1.165) is 56.0 Å². The highest BCUT2D eigenvalue weighted by Crippen LogP contribution is 2.62. The minimum absolute atomic E-state index is 0.0766. The number of carbonyl (C=O) groups is 1. The van der Waals surface area contributed by atoms with E-state index in [9.17, 15) is 21.6 Å². The third-order valence-corrected chi connectivity index (χ3v) is 11.3. The number of nitrogens with one attached hydrogen (secondary N) is 2. The molecule has 3 saturated carbocycles. The maximum Gasteiger partial charge on any atom is 0.258 e. The Morgan fingerprint density at radius 3 is 2.44 bits per heavy atom. The van der Waals surface area contributed by atoms with E-state index in [4.69, 9.17) is 0 Å². The van der Waals surface area contributed by atoms with Crippen LogP contribution in [0.15, 0.2) is 60.0 Å². The molecule has 4 aliphatic rings. The first kappa shape index (κ1) is 26.5. The van der Waals surface area contributed by atoms with Crippen molar-refractivity contribution in [3.8, 4) is 0 Å². The zero-order valence-corrected chi connectivity index (χ0v) is 23.8. The molecule has 208 valence electrons. The molecule has 3 fully saturated rings.